The molecule has 1 fully saturated rings. The molecule has 1 saturated carbocycles. The number of hydrogen-bond acceptors (Lipinski definition) is 4. The third-order valence-corrected chi connectivity index (χ3v) is 3.23. The van der Waals surface area contributed by atoms with Crippen LogP contribution >= 0.6 is 0 Å². The van der Waals surface area contributed by atoms with Crippen LogP contribution in [0.5, 0.6) is 0 Å². The molecule has 0 radical (unpaired) electrons. The van der Waals surface area contributed by atoms with Gasteiger partial charge < -0.3 is 19.5 Å². The molecule has 0 aromatic heterocycles. The zero-order valence-electron chi connectivity index (χ0n) is 12.5. The van der Waals surface area contributed by atoms with Gasteiger partial charge in [-0.2, -0.15) is 0 Å². The highest BCUT2D eigenvalue weighted by atomic mass is 16.5. The highest BCUT2D eigenvalue weighted by molar-refractivity contribution is 4.80. The Bertz CT molecular complexity index is 186. The molecule has 0 amide bonds. The van der Waals surface area contributed by atoms with Gasteiger partial charge in [0.1, 0.15) is 0 Å². The van der Waals surface area contributed by atoms with Gasteiger partial charge in [0, 0.05) is 33.0 Å². The summed E-state index contributed by atoms with van der Waals surface area (Å²) in [6.07, 6.45) is 8.82. The first-order valence-corrected chi connectivity index (χ1v) is 7.81. The highest BCUT2D eigenvalue weighted by Crippen LogP contribution is 2.18. The molecule has 0 unspecified atom stereocenters. The summed E-state index contributed by atoms with van der Waals surface area (Å²) >= 11 is 0. The molecule has 1 aliphatic rings. The quantitative estimate of drug-likeness (QED) is 0.465. The molecule has 114 valence electrons. The maximum atomic E-state index is 5.52. The molecular formula is C15H31NO3. The predicted molar refractivity (Wildman–Crippen MR) is 77.6 cm³/mol. The standard InChI is InChI=1S/C15H31NO3/c1-17-10-6-12-19-14-13-18-11-5-3-2-4-9-16-15-7-8-15/h15-16H,2-14H2,1H3. The maximum Gasteiger partial charge on any atom is 0.0700 e. The van der Waals surface area contributed by atoms with Crippen LogP contribution in [0.3, 0.4) is 0 Å². The molecule has 0 aromatic rings. The molecule has 0 spiro atoms. The van der Waals surface area contributed by atoms with Crippen molar-refractivity contribution in [2.24, 2.45) is 0 Å². The lowest BCUT2D eigenvalue weighted by atomic mass is 10.2. The van der Waals surface area contributed by atoms with E-state index in [1.807, 2.05) is 0 Å². The lowest BCUT2D eigenvalue weighted by Gasteiger charge is -2.06. The van der Waals surface area contributed by atoms with E-state index in [4.69, 9.17) is 14.2 Å². The van der Waals surface area contributed by atoms with E-state index in [0.29, 0.717) is 6.61 Å². The maximum absolute atomic E-state index is 5.52. The highest BCUT2D eigenvalue weighted by Gasteiger charge is 2.19. The number of unbranched alkanes of at least 4 members (excludes halogenated alkanes) is 3. The fraction of sp³-hybridized carbons (Fsp3) is 1.00. The van der Waals surface area contributed by atoms with E-state index >= 15 is 0 Å². The summed E-state index contributed by atoms with van der Waals surface area (Å²) in [5.41, 5.74) is 0. The van der Waals surface area contributed by atoms with Crippen molar-refractivity contribution in [3.63, 3.8) is 0 Å². The van der Waals surface area contributed by atoms with Crippen LogP contribution in [-0.2, 0) is 14.2 Å². The molecule has 0 saturated heterocycles. The number of rotatable bonds is 15. The first kappa shape index (κ1) is 16.9. The smallest absolute Gasteiger partial charge is 0.0700 e. The second kappa shape index (κ2) is 12.9. The van der Waals surface area contributed by atoms with Gasteiger partial charge >= 0.3 is 0 Å². The Morgan fingerprint density at radius 2 is 1.47 bits per heavy atom. The van der Waals surface area contributed by atoms with Crippen LogP contribution in [0, 0.1) is 0 Å². The van der Waals surface area contributed by atoms with E-state index in [-0.39, 0.29) is 0 Å². The van der Waals surface area contributed by atoms with Crippen LogP contribution in [0.15, 0.2) is 0 Å². The number of nitrogens with one attached hydrogen (secondary N) is 1. The van der Waals surface area contributed by atoms with Crippen LogP contribution in [0.1, 0.15) is 44.9 Å². The normalized spacial score (nSPS) is 15.0. The molecule has 1 rings (SSSR count). The van der Waals surface area contributed by atoms with Gasteiger partial charge in [-0.1, -0.05) is 12.8 Å². The van der Waals surface area contributed by atoms with Gasteiger partial charge in [0.15, 0.2) is 0 Å². The van der Waals surface area contributed by atoms with Gasteiger partial charge in [-0.05, 0) is 38.6 Å². The summed E-state index contributed by atoms with van der Waals surface area (Å²) in [4.78, 5) is 0. The molecule has 0 aromatic carbocycles. The molecule has 0 bridgehead atoms. The summed E-state index contributed by atoms with van der Waals surface area (Å²) in [6, 6.07) is 0.854. The first-order chi connectivity index (χ1) is 9.43. The van der Waals surface area contributed by atoms with E-state index in [9.17, 15) is 0 Å². The molecule has 0 heterocycles. The Balaban J connectivity index is 1.60. The Morgan fingerprint density at radius 3 is 2.16 bits per heavy atom. The molecule has 4 heteroatoms. The molecule has 0 atom stereocenters. The molecule has 0 aliphatic heterocycles. The largest absolute Gasteiger partial charge is 0.385 e. The second-order valence-corrected chi connectivity index (χ2v) is 5.21. The van der Waals surface area contributed by atoms with Crippen LogP contribution in [0.4, 0.5) is 0 Å². The summed E-state index contributed by atoms with van der Waals surface area (Å²) in [6.45, 7) is 5.03. The van der Waals surface area contributed by atoms with E-state index in [2.05, 4.69) is 5.32 Å². The van der Waals surface area contributed by atoms with Gasteiger partial charge in [0.05, 0.1) is 13.2 Å². The average Bonchev–Trinajstić information content (AvgIpc) is 3.23. The summed E-state index contributed by atoms with van der Waals surface area (Å²) < 4.78 is 15.9. The zero-order chi connectivity index (χ0) is 13.6. The van der Waals surface area contributed by atoms with Crippen LogP contribution in [0.2, 0.25) is 0 Å². The molecule has 4 nitrogen and oxygen atoms in total. The van der Waals surface area contributed by atoms with Gasteiger partial charge in [0.2, 0.25) is 0 Å². The van der Waals surface area contributed by atoms with E-state index in [0.717, 1.165) is 38.9 Å². The minimum absolute atomic E-state index is 0.703. The van der Waals surface area contributed by atoms with Crippen molar-refractivity contribution >= 4 is 0 Å². The Hall–Kier alpha value is -0.160. The van der Waals surface area contributed by atoms with Crippen molar-refractivity contribution < 1.29 is 14.2 Å². The van der Waals surface area contributed by atoms with Crippen molar-refractivity contribution in [2.75, 3.05) is 46.7 Å². The van der Waals surface area contributed by atoms with E-state index in [1.54, 1.807) is 7.11 Å². The SMILES string of the molecule is COCCCOCCOCCCCCCNC1CC1. The van der Waals surface area contributed by atoms with Crippen LogP contribution in [0.25, 0.3) is 0 Å². The van der Waals surface area contributed by atoms with Gasteiger partial charge in [-0.3, -0.25) is 0 Å². The average molecular weight is 273 g/mol. The molecule has 1 aliphatic carbocycles. The topological polar surface area (TPSA) is 39.7 Å². The predicted octanol–water partition coefficient (Wildman–Crippen LogP) is 2.37. The number of hydrogen-bond donors (Lipinski definition) is 1. The van der Waals surface area contributed by atoms with Crippen molar-refractivity contribution in [1.82, 2.24) is 5.32 Å². The van der Waals surface area contributed by atoms with Gasteiger partial charge in [-0.15, -0.1) is 0 Å². The van der Waals surface area contributed by atoms with Crippen molar-refractivity contribution in [2.45, 2.75) is 51.0 Å². The van der Waals surface area contributed by atoms with Gasteiger partial charge in [0.25, 0.3) is 0 Å². The minimum Gasteiger partial charge on any atom is -0.385 e. The monoisotopic (exact) mass is 273 g/mol. The van der Waals surface area contributed by atoms with Crippen molar-refractivity contribution in [1.29, 1.82) is 0 Å². The minimum atomic E-state index is 0.703. The summed E-state index contributed by atoms with van der Waals surface area (Å²) in [5.74, 6) is 0. The zero-order valence-corrected chi connectivity index (χ0v) is 12.5. The lowest BCUT2D eigenvalue weighted by molar-refractivity contribution is 0.0387. The molecular weight excluding hydrogens is 242 g/mol. The summed E-state index contributed by atoms with van der Waals surface area (Å²) in [7, 11) is 1.71. The van der Waals surface area contributed by atoms with E-state index in [1.165, 1.54) is 45.1 Å². The number of methoxy groups -OCH3 is 1. The molecule has 19 heavy (non-hydrogen) atoms. The molecule has 1 N–H and O–H groups in total. The van der Waals surface area contributed by atoms with Crippen molar-refractivity contribution in [3.05, 3.63) is 0 Å². The van der Waals surface area contributed by atoms with Crippen LogP contribution in [-0.4, -0.2) is 52.7 Å². The Labute approximate surface area is 118 Å². The third kappa shape index (κ3) is 12.6. The fourth-order valence-corrected chi connectivity index (χ4v) is 1.90. The van der Waals surface area contributed by atoms with E-state index < -0.39 is 0 Å². The van der Waals surface area contributed by atoms with Crippen LogP contribution < -0.4 is 5.32 Å². The lowest BCUT2D eigenvalue weighted by Crippen LogP contribution is -2.17. The Kier molecular flexibility index (Phi) is 11.4. The third-order valence-electron chi connectivity index (χ3n) is 3.23. The second-order valence-electron chi connectivity index (χ2n) is 5.21. The number of ether oxygens (including phenoxy) is 3. The van der Waals surface area contributed by atoms with Gasteiger partial charge in [-0.25, -0.2) is 0 Å². The Morgan fingerprint density at radius 1 is 0.789 bits per heavy atom. The first-order valence-electron chi connectivity index (χ1n) is 7.81. The van der Waals surface area contributed by atoms with Crippen molar-refractivity contribution in [3.8, 4) is 0 Å². The summed E-state index contributed by atoms with van der Waals surface area (Å²) in [5, 5.41) is 3.54. The fourth-order valence-electron chi connectivity index (χ4n) is 1.90.